The molecule has 0 radical (unpaired) electrons. The summed E-state index contributed by atoms with van der Waals surface area (Å²) >= 11 is 0. The maximum absolute atomic E-state index is 12.4. The van der Waals surface area contributed by atoms with Crippen LogP contribution in [0.4, 0.5) is 0 Å². The van der Waals surface area contributed by atoms with E-state index in [0.29, 0.717) is 11.7 Å². The summed E-state index contributed by atoms with van der Waals surface area (Å²) in [5.74, 6) is 0.723. The van der Waals surface area contributed by atoms with Gasteiger partial charge in [-0.05, 0) is 56.2 Å². The normalized spacial score (nSPS) is 18.1. The van der Waals surface area contributed by atoms with Crippen LogP contribution in [-0.4, -0.2) is 19.9 Å². The molecule has 2 N–H and O–H groups in total. The standard InChI is InChI=1S/C17H27NO2S/c1-12-8-13(2)17(14(3)9-12)16(18)11-21(19,20)10-15-6-4-5-7-15/h8-9,15-16H,4-7,10-11,18H2,1-3H3. The first-order chi connectivity index (χ1) is 9.78. The van der Waals surface area contributed by atoms with E-state index in [0.717, 1.165) is 29.5 Å². The van der Waals surface area contributed by atoms with E-state index < -0.39 is 15.9 Å². The molecule has 118 valence electrons. The zero-order valence-electron chi connectivity index (χ0n) is 13.4. The highest BCUT2D eigenvalue weighted by atomic mass is 32.2. The fraction of sp³-hybridized carbons (Fsp3) is 0.647. The first-order valence-electron chi connectivity index (χ1n) is 7.82. The minimum absolute atomic E-state index is 0.0637. The van der Waals surface area contributed by atoms with Crippen molar-refractivity contribution in [3.8, 4) is 0 Å². The summed E-state index contributed by atoms with van der Waals surface area (Å²) in [6.07, 6.45) is 4.44. The maximum Gasteiger partial charge on any atom is 0.152 e. The van der Waals surface area contributed by atoms with Crippen molar-refractivity contribution < 1.29 is 8.42 Å². The van der Waals surface area contributed by atoms with Crippen LogP contribution < -0.4 is 5.73 Å². The van der Waals surface area contributed by atoms with Gasteiger partial charge in [0.15, 0.2) is 9.84 Å². The summed E-state index contributed by atoms with van der Waals surface area (Å²) < 4.78 is 24.8. The number of aryl methyl sites for hydroxylation is 3. The van der Waals surface area contributed by atoms with Crippen molar-refractivity contribution in [2.75, 3.05) is 11.5 Å². The predicted molar refractivity (Wildman–Crippen MR) is 88.2 cm³/mol. The van der Waals surface area contributed by atoms with E-state index in [2.05, 4.69) is 12.1 Å². The van der Waals surface area contributed by atoms with Crippen molar-refractivity contribution in [2.45, 2.75) is 52.5 Å². The fourth-order valence-corrected chi connectivity index (χ4v) is 5.64. The topological polar surface area (TPSA) is 60.2 Å². The number of rotatable bonds is 5. The molecule has 1 fully saturated rings. The Morgan fingerprint density at radius 3 is 2.19 bits per heavy atom. The van der Waals surface area contributed by atoms with Crippen molar-refractivity contribution >= 4 is 9.84 Å². The van der Waals surface area contributed by atoms with Crippen molar-refractivity contribution in [3.63, 3.8) is 0 Å². The summed E-state index contributed by atoms with van der Waals surface area (Å²) in [4.78, 5) is 0. The molecular formula is C17H27NO2S. The highest BCUT2D eigenvalue weighted by Crippen LogP contribution is 2.28. The Morgan fingerprint density at radius 2 is 1.67 bits per heavy atom. The van der Waals surface area contributed by atoms with Crippen LogP contribution in [0, 0.1) is 26.7 Å². The van der Waals surface area contributed by atoms with Crippen LogP contribution in [0.15, 0.2) is 12.1 Å². The smallest absolute Gasteiger partial charge is 0.152 e. The molecule has 1 aliphatic carbocycles. The first kappa shape index (κ1) is 16.5. The third-order valence-corrected chi connectivity index (χ3v) is 6.35. The Bertz CT molecular complexity index is 578. The van der Waals surface area contributed by atoms with E-state index in [1.807, 2.05) is 20.8 Å². The third-order valence-electron chi connectivity index (χ3n) is 4.51. The summed E-state index contributed by atoms with van der Waals surface area (Å²) in [5.41, 5.74) is 10.6. The lowest BCUT2D eigenvalue weighted by Gasteiger charge is -2.19. The molecule has 0 heterocycles. The molecule has 1 aromatic rings. The molecule has 3 nitrogen and oxygen atoms in total. The van der Waals surface area contributed by atoms with Crippen LogP contribution in [-0.2, 0) is 9.84 Å². The van der Waals surface area contributed by atoms with Gasteiger partial charge in [0.1, 0.15) is 0 Å². The average Bonchev–Trinajstić information content (AvgIpc) is 2.78. The van der Waals surface area contributed by atoms with Gasteiger partial charge in [0.25, 0.3) is 0 Å². The van der Waals surface area contributed by atoms with Crippen LogP contribution in [0.3, 0.4) is 0 Å². The molecule has 0 bridgehead atoms. The van der Waals surface area contributed by atoms with Crippen LogP contribution in [0.25, 0.3) is 0 Å². The molecule has 0 amide bonds. The Morgan fingerprint density at radius 1 is 1.14 bits per heavy atom. The average molecular weight is 309 g/mol. The Hall–Kier alpha value is -0.870. The molecule has 2 rings (SSSR count). The molecule has 1 aromatic carbocycles. The molecule has 0 saturated heterocycles. The minimum Gasteiger partial charge on any atom is -0.323 e. The Kier molecular flexibility index (Phi) is 5.10. The molecule has 1 saturated carbocycles. The van der Waals surface area contributed by atoms with Crippen LogP contribution in [0.2, 0.25) is 0 Å². The number of hydrogen-bond acceptors (Lipinski definition) is 3. The summed E-state index contributed by atoms with van der Waals surface area (Å²) in [7, 11) is -3.08. The zero-order chi connectivity index (χ0) is 15.6. The molecule has 1 aliphatic rings. The number of hydrogen-bond donors (Lipinski definition) is 1. The van der Waals surface area contributed by atoms with E-state index in [-0.39, 0.29) is 5.75 Å². The van der Waals surface area contributed by atoms with Crippen LogP contribution in [0.5, 0.6) is 0 Å². The van der Waals surface area contributed by atoms with Crippen LogP contribution >= 0.6 is 0 Å². The lowest BCUT2D eigenvalue weighted by Crippen LogP contribution is -2.27. The SMILES string of the molecule is Cc1cc(C)c(C(N)CS(=O)(=O)CC2CCCC2)c(C)c1. The van der Waals surface area contributed by atoms with Gasteiger partial charge in [0.05, 0.1) is 11.5 Å². The van der Waals surface area contributed by atoms with Gasteiger partial charge < -0.3 is 5.73 Å². The fourth-order valence-electron chi connectivity index (χ4n) is 3.74. The van der Waals surface area contributed by atoms with Gasteiger partial charge in [-0.15, -0.1) is 0 Å². The minimum atomic E-state index is -3.08. The van der Waals surface area contributed by atoms with Gasteiger partial charge in [-0.3, -0.25) is 0 Å². The lowest BCUT2D eigenvalue weighted by atomic mass is 9.95. The van der Waals surface area contributed by atoms with Gasteiger partial charge in [-0.25, -0.2) is 8.42 Å². The highest BCUT2D eigenvalue weighted by Gasteiger charge is 2.26. The second-order valence-electron chi connectivity index (χ2n) is 6.65. The Balaban J connectivity index is 2.11. The quantitative estimate of drug-likeness (QED) is 0.908. The predicted octanol–water partition coefficient (Wildman–Crippen LogP) is 3.22. The maximum atomic E-state index is 12.4. The summed E-state index contributed by atoms with van der Waals surface area (Å²) in [5, 5.41) is 0. The lowest BCUT2D eigenvalue weighted by molar-refractivity contribution is 0.553. The van der Waals surface area contributed by atoms with Gasteiger partial charge in [0, 0.05) is 6.04 Å². The monoisotopic (exact) mass is 309 g/mol. The van der Waals surface area contributed by atoms with Crippen molar-refractivity contribution in [2.24, 2.45) is 11.7 Å². The molecule has 1 atom stereocenters. The van der Waals surface area contributed by atoms with E-state index >= 15 is 0 Å². The molecule has 21 heavy (non-hydrogen) atoms. The van der Waals surface area contributed by atoms with E-state index in [1.165, 1.54) is 18.4 Å². The number of sulfone groups is 1. The van der Waals surface area contributed by atoms with Gasteiger partial charge in [-0.1, -0.05) is 30.5 Å². The van der Waals surface area contributed by atoms with E-state index in [4.69, 9.17) is 5.73 Å². The molecular weight excluding hydrogens is 282 g/mol. The van der Waals surface area contributed by atoms with Crippen molar-refractivity contribution in [3.05, 3.63) is 34.4 Å². The van der Waals surface area contributed by atoms with E-state index in [9.17, 15) is 8.42 Å². The second-order valence-corrected chi connectivity index (χ2v) is 8.80. The van der Waals surface area contributed by atoms with Gasteiger partial charge >= 0.3 is 0 Å². The number of benzene rings is 1. The molecule has 4 heteroatoms. The van der Waals surface area contributed by atoms with Gasteiger partial charge in [-0.2, -0.15) is 0 Å². The van der Waals surface area contributed by atoms with Crippen LogP contribution in [0.1, 0.15) is 54.0 Å². The first-order valence-corrected chi connectivity index (χ1v) is 9.64. The molecule has 0 aliphatic heterocycles. The Labute approximate surface area is 128 Å². The third kappa shape index (κ3) is 4.30. The van der Waals surface area contributed by atoms with Crippen molar-refractivity contribution in [1.29, 1.82) is 0 Å². The van der Waals surface area contributed by atoms with E-state index in [1.54, 1.807) is 0 Å². The van der Waals surface area contributed by atoms with Gasteiger partial charge in [0.2, 0.25) is 0 Å². The van der Waals surface area contributed by atoms with Crippen molar-refractivity contribution in [1.82, 2.24) is 0 Å². The largest absolute Gasteiger partial charge is 0.323 e. The molecule has 1 unspecified atom stereocenters. The molecule has 0 aromatic heterocycles. The molecule has 0 spiro atoms. The summed E-state index contributed by atoms with van der Waals surface area (Å²) in [6.45, 7) is 6.07. The highest BCUT2D eigenvalue weighted by molar-refractivity contribution is 7.91. The zero-order valence-corrected chi connectivity index (χ0v) is 14.2. The summed E-state index contributed by atoms with van der Waals surface area (Å²) in [6, 6.07) is 3.73. The number of nitrogens with two attached hydrogens (primary N) is 1. The second kappa shape index (κ2) is 6.49.